The quantitative estimate of drug-likeness (QED) is 0.485. The number of quaternary nitrogens is 1. The highest BCUT2D eigenvalue weighted by atomic mass is 16.5. The Morgan fingerprint density at radius 1 is 1.12 bits per heavy atom. The number of ether oxygens (including phenoxy) is 1. The Bertz CT molecular complexity index is 1130. The van der Waals surface area contributed by atoms with E-state index < -0.39 is 0 Å². The summed E-state index contributed by atoms with van der Waals surface area (Å²) in [5.41, 5.74) is 4.18. The molecule has 1 aliphatic carbocycles. The Balaban J connectivity index is 1.37. The number of fused-ring (bicyclic) bond motifs is 1. The lowest BCUT2D eigenvalue weighted by Gasteiger charge is -2.37. The summed E-state index contributed by atoms with van der Waals surface area (Å²) < 4.78 is 6.13. The van der Waals surface area contributed by atoms with Crippen molar-refractivity contribution >= 4 is 12.1 Å². The third kappa shape index (κ3) is 4.29. The molecule has 6 nitrogen and oxygen atoms in total. The fraction of sp³-hybridized carbons (Fsp3) is 0.333. The second kappa shape index (κ2) is 9.06. The number of hydrogen-bond acceptors (Lipinski definition) is 5. The van der Waals surface area contributed by atoms with Crippen molar-refractivity contribution in [3.63, 3.8) is 0 Å². The van der Waals surface area contributed by atoms with Crippen LogP contribution in [0.3, 0.4) is 0 Å². The van der Waals surface area contributed by atoms with Crippen molar-refractivity contribution in [1.29, 1.82) is 0 Å². The molecule has 0 bridgehead atoms. The first-order valence-corrected chi connectivity index (χ1v) is 11.7. The zero-order chi connectivity index (χ0) is 22.8. The maximum atomic E-state index is 6.92. The number of nitrogens with two attached hydrogens (primary N) is 1. The fourth-order valence-corrected chi connectivity index (χ4v) is 4.85. The highest BCUT2D eigenvalue weighted by molar-refractivity contribution is 6.00. The van der Waals surface area contributed by atoms with Gasteiger partial charge in [-0.05, 0) is 56.1 Å². The van der Waals surface area contributed by atoms with Gasteiger partial charge in [0.05, 0.1) is 18.0 Å². The van der Waals surface area contributed by atoms with Crippen LogP contribution in [0.2, 0.25) is 0 Å². The summed E-state index contributed by atoms with van der Waals surface area (Å²) in [4.78, 5) is 11.9. The van der Waals surface area contributed by atoms with Gasteiger partial charge in [-0.3, -0.25) is 4.99 Å². The zero-order valence-corrected chi connectivity index (χ0v) is 19.4. The molecule has 2 aromatic rings. The minimum absolute atomic E-state index is 0.0665. The lowest BCUT2D eigenvalue weighted by molar-refractivity contribution is -0.750. The van der Waals surface area contributed by atoms with Gasteiger partial charge in [0, 0.05) is 12.5 Å². The van der Waals surface area contributed by atoms with E-state index >= 15 is 0 Å². The van der Waals surface area contributed by atoms with Crippen LogP contribution in [-0.2, 0) is 6.61 Å². The first kappa shape index (κ1) is 21.8. The van der Waals surface area contributed by atoms with Crippen molar-refractivity contribution in [3.05, 3.63) is 89.5 Å². The molecule has 0 radical (unpaired) electrons. The van der Waals surface area contributed by atoms with Crippen molar-refractivity contribution in [1.82, 2.24) is 4.90 Å². The monoisotopic (exact) mass is 442 g/mol. The van der Waals surface area contributed by atoms with E-state index in [1.165, 1.54) is 0 Å². The maximum absolute atomic E-state index is 6.92. The molecule has 2 N–H and O–H groups in total. The van der Waals surface area contributed by atoms with Crippen molar-refractivity contribution in [3.8, 4) is 5.75 Å². The molecule has 33 heavy (non-hydrogen) atoms. The topological polar surface area (TPSA) is 63.2 Å². The van der Waals surface area contributed by atoms with E-state index in [1.807, 2.05) is 48.8 Å². The van der Waals surface area contributed by atoms with E-state index in [2.05, 4.69) is 42.1 Å². The molecule has 170 valence electrons. The van der Waals surface area contributed by atoms with Crippen LogP contribution in [0.5, 0.6) is 5.75 Å². The predicted molar refractivity (Wildman–Crippen MR) is 132 cm³/mol. The van der Waals surface area contributed by atoms with Crippen molar-refractivity contribution in [2.45, 2.75) is 26.4 Å². The number of amidine groups is 1. The second-order valence-corrected chi connectivity index (χ2v) is 9.25. The molecule has 3 aliphatic rings. The summed E-state index contributed by atoms with van der Waals surface area (Å²) in [6.45, 7) is 4.96. The van der Waals surface area contributed by atoms with E-state index in [-0.39, 0.29) is 4.59 Å². The van der Waals surface area contributed by atoms with Gasteiger partial charge < -0.3 is 9.64 Å². The average Bonchev–Trinajstić information content (AvgIpc) is 3.13. The molecular weight excluding hydrogens is 410 g/mol. The number of nitrogens with zero attached hydrogens (tertiary/aromatic N) is 4. The van der Waals surface area contributed by atoms with Crippen molar-refractivity contribution in [2.24, 2.45) is 27.7 Å². The van der Waals surface area contributed by atoms with Crippen LogP contribution in [-0.4, -0.2) is 41.7 Å². The molecule has 5 rings (SSSR count). The number of allylic oxidation sites excluding steroid dienone is 2. The molecule has 0 aromatic heterocycles. The van der Waals surface area contributed by atoms with Gasteiger partial charge >= 0.3 is 0 Å². The van der Waals surface area contributed by atoms with Gasteiger partial charge in [-0.25, -0.2) is 0 Å². The number of hydrogen-bond donors (Lipinski definition) is 1. The van der Waals surface area contributed by atoms with E-state index in [0.29, 0.717) is 12.5 Å². The fourth-order valence-electron chi connectivity index (χ4n) is 4.85. The molecule has 1 unspecified atom stereocenters. The van der Waals surface area contributed by atoms with Gasteiger partial charge in [-0.2, -0.15) is 10.8 Å². The Kier molecular flexibility index (Phi) is 5.98. The van der Waals surface area contributed by atoms with Crippen molar-refractivity contribution in [2.75, 3.05) is 20.1 Å². The number of rotatable bonds is 8. The number of benzene rings is 2. The van der Waals surface area contributed by atoms with Crippen LogP contribution < -0.4 is 10.6 Å². The summed E-state index contributed by atoms with van der Waals surface area (Å²) >= 11 is 0. The molecule has 1 atom stereocenters. The first-order valence-electron chi connectivity index (χ1n) is 11.7. The smallest absolute Gasteiger partial charge is 0.265 e. The lowest BCUT2D eigenvalue weighted by atomic mass is 9.72. The summed E-state index contributed by atoms with van der Waals surface area (Å²) in [7, 11) is 2.19. The lowest BCUT2D eigenvalue weighted by Crippen LogP contribution is -2.53. The molecule has 2 aromatic carbocycles. The van der Waals surface area contributed by atoms with E-state index in [4.69, 9.17) is 15.6 Å². The summed E-state index contributed by atoms with van der Waals surface area (Å²) in [6, 6.07) is 18.3. The highest BCUT2D eigenvalue weighted by Crippen LogP contribution is 2.45. The summed E-state index contributed by atoms with van der Waals surface area (Å²) in [5, 5.41) is 0. The van der Waals surface area contributed by atoms with Crippen LogP contribution in [0.1, 0.15) is 30.9 Å². The van der Waals surface area contributed by atoms with Gasteiger partial charge in [0.25, 0.3) is 5.84 Å². The van der Waals surface area contributed by atoms with Crippen molar-refractivity contribution < 1.29 is 9.33 Å². The van der Waals surface area contributed by atoms with Gasteiger partial charge in [-0.15, -0.1) is 4.59 Å². The molecule has 1 fully saturated rings. The van der Waals surface area contributed by atoms with Gasteiger partial charge in [0.1, 0.15) is 24.3 Å². The summed E-state index contributed by atoms with van der Waals surface area (Å²) in [5.74, 6) is 9.70. The van der Waals surface area contributed by atoms with Crippen LogP contribution >= 0.6 is 0 Å². The zero-order valence-electron chi connectivity index (χ0n) is 19.4. The van der Waals surface area contributed by atoms with E-state index in [1.54, 1.807) is 6.20 Å². The van der Waals surface area contributed by atoms with Gasteiger partial charge in [0.15, 0.2) is 0 Å². The molecule has 0 amide bonds. The van der Waals surface area contributed by atoms with Gasteiger partial charge in [0.2, 0.25) is 5.70 Å². The standard InChI is InChI=1S/C27H32N5O/c1-3-31(2)18-21-14-23(15-21)26-25-17-29-12-13-32(25,28)27(30-26)22-10-7-11-24(16-22)33-19-20-8-5-4-6-9-20/h4-13,16-17,21,23H,3,14-15,18-19,28H2,1-2H3/q+1. The Morgan fingerprint density at radius 2 is 1.94 bits per heavy atom. The van der Waals surface area contributed by atoms with Crippen LogP contribution in [0.25, 0.3) is 0 Å². The normalized spacial score (nSPS) is 25.8. The SMILES string of the molecule is CCN(C)CC1CC(C2=C3C=NC=C[N+]3(N)C(c3cccc(OCc4ccccc4)c3)=N2)C1. The molecule has 6 heteroatoms. The minimum Gasteiger partial charge on any atom is -0.489 e. The van der Waals surface area contributed by atoms with Gasteiger partial charge in [-0.1, -0.05) is 43.3 Å². The second-order valence-electron chi connectivity index (χ2n) is 9.25. The van der Waals surface area contributed by atoms with Crippen LogP contribution in [0, 0.1) is 11.8 Å². The van der Waals surface area contributed by atoms with E-state index in [9.17, 15) is 0 Å². The third-order valence-corrected chi connectivity index (χ3v) is 6.90. The molecule has 0 saturated heterocycles. The largest absolute Gasteiger partial charge is 0.489 e. The van der Waals surface area contributed by atoms with Crippen LogP contribution in [0.15, 0.2) is 88.4 Å². The predicted octanol–water partition coefficient (Wildman–Crippen LogP) is 4.46. The third-order valence-electron chi connectivity index (χ3n) is 6.90. The molecule has 2 heterocycles. The first-order chi connectivity index (χ1) is 16.1. The molecule has 1 saturated carbocycles. The maximum Gasteiger partial charge on any atom is 0.265 e. The molecule has 0 spiro atoms. The molecular formula is C27H32N5O+. The summed E-state index contributed by atoms with van der Waals surface area (Å²) in [6.07, 6.45) is 7.86. The Labute approximate surface area is 196 Å². The van der Waals surface area contributed by atoms with E-state index in [0.717, 1.165) is 66.0 Å². The Morgan fingerprint density at radius 3 is 2.73 bits per heavy atom. The average molecular weight is 443 g/mol. The Hall–Kier alpha value is -3.06. The molecule has 2 aliphatic heterocycles. The highest BCUT2D eigenvalue weighted by Gasteiger charge is 2.48. The minimum atomic E-state index is 0.0665. The number of aliphatic imine (C=N–C) groups is 2. The van der Waals surface area contributed by atoms with Crippen LogP contribution in [0.4, 0.5) is 0 Å².